The van der Waals surface area contributed by atoms with Gasteiger partial charge in [0.15, 0.2) is 0 Å². The number of hydrogen-bond donors (Lipinski definition) is 0. The molecule has 0 spiro atoms. The zero-order valence-electron chi connectivity index (χ0n) is 19.9. The summed E-state index contributed by atoms with van der Waals surface area (Å²) in [5, 5.41) is 1.29. The number of benzene rings is 1. The molecule has 5 rings (SSSR count). The minimum Gasteiger partial charge on any atom is -0.443 e. The number of carbonyl (C=O) groups is 1. The minimum atomic E-state index is -0.508. The van der Waals surface area contributed by atoms with Gasteiger partial charge in [0.05, 0.1) is 20.9 Å². The lowest BCUT2D eigenvalue weighted by Gasteiger charge is -2.47. The average Bonchev–Trinajstić information content (AvgIpc) is 3.06. The third-order valence-electron chi connectivity index (χ3n) is 7.10. The second kappa shape index (κ2) is 8.14. The Labute approximate surface area is 195 Å². The van der Waals surface area contributed by atoms with E-state index in [1.807, 2.05) is 32.1 Å². The summed E-state index contributed by atoms with van der Waals surface area (Å²) in [6.45, 7) is 11.1. The van der Waals surface area contributed by atoms with Gasteiger partial charge in [-0.1, -0.05) is 19.1 Å². The summed E-state index contributed by atoms with van der Waals surface area (Å²) in [7, 11) is 2.21. The SMILES string of the molecule is CC1CC=C(c2ccc3sc(C4CC(C5CN(C)C5)C4)nc3c2)N(C(=O)OC(C)(C)C)C1. The molecule has 1 saturated heterocycles. The van der Waals surface area contributed by atoms with E-state index in [4.69, 9.17) is 9.72 Å². The number of carbonyl (C=O) groups excluding carboxylic acids is 1. The first kappa shape index (κ1) is 21.9. The van der Waals surface area contributed by atoms with Gasteiger partial charge in [0, 0.05) is 31.1 Å². The van der Waals surface area contributed by atoms with Crippen LogP contribution < -0.4 is 0 Å². The maximum atomic E-state index is 12.9. The molecule has 1 aromatic carbocycles. The molecule has 172 valence electrons. The predicted octanol–water partition coefficient (Wildman–Crippen LogP) is 5.97. The van der Waals surface area contributed by atoms with Gasteiger partial charge in [0.25, 0.3) is 0 Å². The monoisotopic (exact) mass is 453 g/mol. The highest BCUT2D eigenvalue weighted by Gasteiger charge is 2.41. The molecule has 1 amide bonds. The Morgan fingerprint density at radius 3 is 2.59 bits per heavy atom. The van der Waals surface area contributed by atoms with E-state index in [9.17, 15) is 4.79 Å². The van der Waals surface area contributed by atoms with Crippen LogP contribution in [-0.2, 0) is 4.74 Å². The van der Waals surface area contributed by atoms with Crippen LogP contribution in [0.2, 0.25) is 0 Å². The molecule has 2 aliphatic heterocycles. The smallest absolute Gasteiger partial charge is 0.414 e. The normalized spacial score (nSPS) is 27.1. The first-order valence-electron chi connectivity index (χ1n) is 12.0. The molecule has 2 aromatic rings. The predicted molar refractivity (Wildman–Crippen MR) is 131 cm³/mol. The Morgan fingerprint density at radius 1 is 1.16 bits per heavy atom. The van der Waals surface area contributed by atoms with Gasteiger partial charge < -0.3 is 9.64 Å². The molecule has 3 heterocycles. The van der Waals surface area contributed by atoms with Crippen LogP contribution >= 0.6 is 11.3 Å². The van der Waals surface area contributed by atoms with E-state index in [2.05, 4.69) is 43.1 Å². The summed E-state index contributed by atoms with van der Waals surface area (Å²) in [5.41, 5.74) is 2.55. The molecular weight excluding hydrogens is 418 g/mol. The number of nitrogens with zero attached hydrogens (tertiary/aromatic N) is 3. The lowest BCUT2D eigenvalue weighted by molar-refractivity contribution is 0.0327. The average molecular weight is 454 g/mol. The van der Waals surface area contributed by atoms with Crippen molar-refractivity contribution in [1.29, 1.82) is 0 Å². The van der Waals surface area contributed by atoms with Crippen LogP contribution in [-0.4, -0.2) is 53.2 Å². The third kappa shape index (κ3) is 4.32. The zero-order chi connectivity index (χ0) is 22.6. The second-order valence-electron chi connectivity index (χ2n) is 11.2. The Morgan fingerprint density at radius 2 is 1.91 bits per heavy atom. The van der Waals surface area contributed by atoms with E-state index in [0.717, 1.165) is 35.0 Å². The number of amides is 1. The largest absolute Gasteiger partial charge is 0.443 e. The number of allylic oxidation sites excluding steroid dienone is 1. The van der Waals surface area contributed by atoms with Crippen molar-refractivity contribution < 1.29 is 9.53 Å². The molecule has 2 fully saturated rings. The molecule has 1 unspecified atom stereocenters. The number of thiazole rings is 1. The summed E-state index contributed by atoms with van der Waals surface area (Å²) < 4.78 is 6.94. The van der Waals surface area contributed by atoms with Crippen molar-refractivity contribution in [2.24, 2.45) is 17.8 Å². The maximum absolute atomic E-state index is 12.9. The molecule has 1 aromatic heterocycles. The van der Waals surface area contributed by atoms with Crippen LogP contribution in [0.15, 0.2) is 24.3 Å². The van der Waals surface area contributed by atoms with E-state index in [-0.39, 0.29) is 6.09 Å². The van der Waals surface area contributed by atoms with Gasteiger partial charge in [-0.05, 0) is 77.0 Å². The summed E-state index contributed by atoms with van der Waals surface area (Å²) in [5.74, 6) is 2.83. The van der Waals surface area contributed by atoms with Crippen molar-refractivity contribution in [2.75, 3.05) is 26.7 Å². The molecular formula is C26H35N3O2S. The number of ether oxygens (including phenoxy) is 1. The van der Waals surface area contributed by atoms with E-state index < -0.39 is 5.60 Å². The number of rotatable bonds is 3. The molecule has 0 radical (unpaired) electrons. The Kier molecular flexibility index (Phi) is 5.57. The second-order valence-corrected chi connectivity index (χ2v) is 12.2. The van der Waals surface area contributed by atoms with E-state index >= 15 is 0 Å². The fraction of sp³-hybridized carbons (Fsp3) is 0.615. The van der Waals surface area contributed by atoms with Gasteiger partial charge >= 0.3 is 6.09 Å². The summed E-state index contributed by atoms with van der Waals surface area (Å²) in [6, 6.07) is 6.47. The molecule has 5 nitrogen and oxygen atoms in total. The van der Waals surface area contributed by atoms with Gasteiger partial charge in [-0.2, -0.15) is 0 Å². The van der Waals surface area contributed by atoms with Crippen LogP contribution in [0.1, 0.15) is 63.4 Å². The van der Waals surface area contributed by atoms with Gasteiger partial charge in [0.1, 0.15) is 5.60 Å². The zero-order valence-corrected chi connectivity index (χ0v) is 20.7. The van der Waals surface area contributed by atoms with Gasteiger partial charge in [-0.25, -0.2) is 9.78 Å². The fourth-order valence-electron chi connectivity index (χ4n) is 5.24. The molecule has 0 N–H and O–H groups in total. The summed E-state index contributed by atoms with van der Waals surface area (Å²) in [6.07, 6.45) is 5.46. The molecule has 6 heteroatoms. The van der Waals surface area contributed by atoms with Crippen LogP contribution in [0.4, 0.5) is 4.79 Å². The van der Waals surface area contributed by atoms with Crippen molar-refractivity contribution in [2.45, 2.75) is 58.5 Å². The Balaban J connectivity index is 1.34. The quantitative estimate of drug-likeness (QED) is 0.574. The highest BCUT2D eigenvalue weighted by Crippen LogP contribution is 2.49. The van der Waals surface area contributed by atoms with Crippen LogP contribution in [0.25, 0.3) is 15.9 Å². The van der Waals surface area contributed by atoms with Crippen LogP contribution in [0, 0.1) is 17.8 Å². The highest BCUT2D eigenvalue weighted by molar-refractivity contribution is 7.18. The van der Waals surface area contributed by atoms with Crippen LogP contribution in [0.3, 0.4) is 0 Å². The lowest BCUT2D eigenvalue weighted by atomic mass is 9.66. The molecule has 32 heavy (non-hydrogen) atoms. The van der Waals surface area contributed by atoms with E-state index in [1.54, 1.807) is 4.90 Å². The highest BCUT2D eigenvalue weighted by atomic mass is 32.1. The van der Waals surface area contributed by atoms with Crippen molar-refractivity contribution in [1.82, 2.24) is 14.8 Å². The van der Waals surface area contributed by atoms with Gasteiger partial charge in [-0.15, -0.1) is 11.3 Å². The van der Waals surface area contributed by atoms with Crippen molar-refractivity contribution >= 4 is 33.3 Å². The topological polar surface area (TPSA) is 45.7 Å². The van der Waals surface area contributed by atoms with Crippen molar-refractivity contribution in [3.63, 3.8) is 0 Å². The number of likely N-dealkylation sites (tertiary alicyclic amines) is 1. The lowest BCUT2D eigenvalue weighted by Crippen LogP contribution is -2.50. The number of fused-ring (bicyclic) bond motifs is 1. The fourth-order valence-corrected chi connectivity index (χ4v) is 6.32. The van der Waals surface area contributed by atoms with Gasteiger partial charge in [-0.3, -0.25) is 4.90 Å². The summed E-state index contributed by atoms with van der Waals surface area (Å²) >= 11 is 1.85. The number of aromatic nitrogens is 1. The minimum absolute atomic E-state index is 0.267. The molecule has 1 saturated carbocycles. The van der Waals surface area contributed by atoms with E-state index in [1.165, 1.54) is 35.6 Å². The summed E-state index contributed by atoms with van der Waals surface area (Å²) in [4.78, 5) is 22.2. The third-order valence-corrected chi connectivity index (χ3v) is 8.29. The van der Waals surface area contributed by atoms with Crippen molar-refractivity contribution in [3.8, 4) is 0 Å². The standard InChI is InChI=1S/C26H35N3O2S/c1-16-6-8-22(29(13-16)25(30)31-26(2,3)4)17-7-9-23-21(12-17)27-24(32-23)19-10-18(11-19)20-14-28(5)15-20/h7-9,12,16,18-20H,6,10-11,13-15H2,1-5H3. The first-order valence-corrected chi connectivity index (χ1v) is 12.8. The van der Waals surface area contributed by atoms with Crippen LogP contribution in [0.5, 0.6) is 0 Å². The molecule has 1 atom stereocenters. The molecule has 0 bridgehead atoms. The Hall–Kier alpha value is -1.92. The molecule has 1 aliphatic carbocycles. The Bertz CT molecular complexity index is 1040. The number of hydrogen-bond acceptors (Lipinski definition) is 5. The van der Waals surface area contributed by atoms with E-state index in [0.29, 0.717) is 18.4 Å². The van der Waals surface area contributed by atoms with Gasteiger partial charge in [0.2, 0.25) is 0 Å². The van der Waals surface area contributed by atoms with Crippen molar-refractivity contribution in [3.05, 3.63) is 34.8 Å². The maximum Gasteiger partial charge on any atom is 0.414 e. The molecule has 3 aliphatic rings. The first-order chi connectivity index (χ1) is 15.2.